The van der Waals surface area contributed by atoms with Crippen LogP contribution in [0.1, 0.15) is 5.56 Å². The van der Waals surface area contributed by atoms with Gasteiger partial charge in [-0.05, 0) is 24.1 Å². The van der Waals surface area contributed by atoms with Gasteiger partial charge in [-0.25, -0.2) is 0 Å². The molecule has 15 heavy (non-hydrogen) atoms. The van der Waals surface area contributed by atoms with Crippen molar-refractivity contribution in [2.24, 2.45) is 0 Å². The van der Waals surface area contributed by atoms with Gasteiger partial charge in [0, 0.05) is 12.7 Å². The van der Waals surface area contributed by atoms with Crippen LogP contribution >= 0.6 is 0 Å². The Kier molecular flexibility index (Phi) is 2.98. The summed E-state index contributed by atoms with van der Waals surface area (Å²) < 4.78 is 1.95. The molecule has 2 aromatic rings. The molecular formula is C13H14N2. The second-order valence-electron chi connectivity index (χ2n) is 3.51. The molecule has 1 aromatic heterocycles. The van der Waals surface area contributed by atoms with E-state index in [-0.39, 0.29) is 0 Å². The van der Waals surface area contributed by atoms with Crippen molar-refractivity contribution < 1.29 is 0 Å². The molecule has 0 unspecified atom stereocenters. The number of hydrogen-bond acceptors (Lipinski definition) is 1. The lowest BCUT2D eigenvalue weighted by Gasteiger charge is -2.05. The van der Waals surface area contributed by atoms with E-state index in [0.29, 0.717) is 5.49 Å². The number of pyridine rings is 1. The van der Waals surface area contributed by atoms with Gasteiger partial charge in [0.25, 0.3) is 0 Å². The maximum absolute atomic E-state index is 7.70. The number of benzene rings is 1. The van der Waals surface area contributed by atoms with Crippen molar-refractivity contribution in [3.63, 3.8) is 0 Å². The first-order valence-corrected chi connectivity index (χ1v) is 5.10. The van der Waals surface area contributed by atoms with Crippen molar-refractivity contribution in [1.29, 1.82) is 5.41 Å². The molecule has 2 rings (SSSR count). The third kappa shape index (κ3) is 2.56. The van der Waals surface area contributed by atoms with Crippen molar-refractivity contribution in [3.05, 3.63) is 65.8 Å². The molecule has 0 atom stereocenters. The Bertz CT molecular complexity index is 471. The van der Waals surface area contributed by atoms with Crippen molar-refractivity contribution in [2.75, 3.05) is 0 Å². The van der Waals surface area contributed by atoms with Crippen molar-refractivity contribution in [3.8, 4) is 0 Å². The number of rotatable bonds is 3. The summed E-state index contributed by atoms with van der Waals surface area (Å²) in [6.07, 6.45) is 2.92. The Morgan fingerprint density at radius 2 is 1.67 bits per heavy atom. The highest BCUT2D eigenvalue weighted by atomic mass is 15.0. The number of nitrogens with one attached hydrogen (secondary N) is 1. The van der Waals surface area contributed by atoms with Crippen LogP contribution in [-0.2, 0) is 13.0 Å². The van der Waals surface area contributed by atoms with Gasteiger partial charge in [0.05, 0.1) is 0 Å². The van der Waals surface area contributed by atoms with Gasteiger partial charge in [-0.3, -0.25) is 5.41 Å². The van der Waals surface area contributed by atoms with Crippen molar-refractivity contribution in [1.82, 2.24) is 4.57 Å². The van der Waals surface area contributed by atoms with Gasteiger partial charge in [-0.1, -0.05) is 36.4 Å². The largest absolute Gasteiger partial charge is 0.333 e. The monoisotopic (exact) mass is 198 g/mol. The van der Waals surface area contributed by atoms with Crippen LogP contribution in [0.15, 0.2) is 54.7 Å². The van der Waals surface area contributed by atoms with E-state index in [9.17, 15) is 0 Å². The summed E-state index contributed by atoms with van der Waals surface area (Å²) in [5, 5.41) is 7.70. The zero-order valence-corrected chi connectivity index (χ0v) is 8.56. The Morgan fingerprint density at radius 1 is 0.933 bits per heavy atom. The molecule has 0 spiro atoms. The van der Waals surface area contributed by atoms with E-state index in [1.807, 2.05) is 47.2 Å². The fourth-order valence-corrected chi connectivity index (χ4v) is 1.57. The van der Waals surface area contributed by atoms with Crippen LogP contribution in [0.5, 0.6) is 0 Å². The maximum Gasteiger partial charge on any atom is 0.124 e. The highest BCUT2D eigenvalue weighted by molar-refractivity contribution is 5.14. The van der Waals surface area contributed by atoms with E-state index in [1.165, 1.54) is 5.56 Å². The molecule has 0 bridgehead atoms. The van der Waals surface area contributed by atoms with Gasteiger partial charge in [0.15, 0.2) is 0 Å². The van der Waals surface area contributed by atoms with Gasteiger partial charge in [-0.15, -0.1) is 0 Å². The molecule has 0 radical (unpaired) electrons. The molecule has 0 amide bonds. The van der Waals surface area contributed by atoms with Crippen LogP contribution in [0, 0.1) is 5.41 Å². The van der Waals surface area contributed by atoms with E-state index in [2.05, 4.69) is 12.1 Å². The molecule has 0 fully saturated rings. The summed E-state index contributed by atoms with van der Waals surface area (Å²) in [6, 6.07) is 16.0. The normalized spacial score (nSPS) is 10.1. The molecule has 0 saturated carbocycles. The Hall–Kier alpha value is -1.83. The van der Waals surface area contributed by atoms with E-state index < -0.39 is 0 Å². The molecule has 0 saturated heterocycles. The van der Waals surface area contributed by atoms with Crippen LogP contribution in [0.4, 0.5) is 0 Å². The van der Waals surface area contributed by atoms with E-state index in [0.717, 1.165) is 13.0 Å². The SMILES string of the molecule is N=c1ccccn1CCc1ccccc1. The van der Waals surface area contributed by atoms with E-state index in [1.54, 1.807) is 0 Å². The quantitative estimate of drug-likeness (QED) is 0.783. The number of aromatic nitrogens is 1. The topological polar surface area (TPSA) is 28.8 Å². The molecule has 2 heteroatoms. The van der Waals surface area contributed by atoms with Crippen LogP contribution < -0.4 is 5.49 Å². The van der Waals surface area contributed by atoms with Crippen LogP contribution in [-0.4, -0.2) is 4.57 Å². The second-order valence-corrected chi connectivity index (χ2v) is 3.51. The number of nitrogens with zero attached hydrogens (tertiary/aromatic N) is 1. The third-order valence-electron chi connectivity index (χ3n) is 2.42. The molecule has 0 aliphatic heterocycles. The lowest BCUT2D eigenvalue weighted by atomic mass is 10.1. The standard InChI is InChI=1S/C13H14N2/c14-13-8-4-5-10-15(13)11-9-12-6-2-1-3-7-12/h1-8,10,14H,9,11H2. The van der Waals surface area contributed by atoms with Gasteiger partial charge >= 0.3 is 0 Å². The average Bonchev–Trinajstić information content (AvgIpc) is 2.29. The molecule has 0 aliphatic rings. The second kappa shape index (κ2) is 4.60. The Labute approximate surface area is 89.3 Å². The summed E-state index contributed by atoms with van der Waals surface area (Å²) in [4.78, 5) is 0. The third-order valence-corrected chi connectivity index (χ3v) is 2.42. The highest BCUT2D eigenvalue weighted by Gasteiger charge is 1.93. The predicted molar refractivity (Wildman–Crippen MR) is 60.4 cm³/mol. The predicted octanol–water partition coefficient (Wildman–Crippen LogP) is 2.21. The van der Waals surface area contributed by atoms with Gasteiger partial charge in [-0.2, -0.15) is 0 Å². The molecule has 2 nitrogen and oxygen atoms in total. The Morgan fingerprint density at radius 3 is 2.40 bits per heavy atom. The number of aryl methyl sites for hydroxylation is 2. The highest BCUT2D eigenvalue weighted by Crippen LogP contribution is 2.00. The fourth-order valence-electron chi connectivity index (χ4n) is 1.57. The minimum absolute atomic E-state index is 0.563. The molecule has 1 aromatic carbocycles. The summed E-state index contributed by atoms with van der Waals surface area (Å²) in [6.45, 7) is 0.865. The van der Waals surface area contributed by atoms with Crippen LogP contribution in [0.3, 0.4) is 0 Å². The summed E-state index contributed by atoms with van der Waals surface area (Å²) in [5.41, 5.74) is 1.88. The first kappa shape index (κ1) is 9.71. The molecular weight excluding hydrogens is 184 g/mol. The smallest absolute Gasteiger partial charge is 0.124 e. The first-order chi connectivity index (χ1) is 7.36. The van der Waals surface area contributed by atoms with Gasteiger partial charge in [0.1, 0.15) is 5.49 Å². The maximum atomic E-state index is 7.70. The minimum atomic E-state index is 0.563. The fraction of sp³-hybridized carbons (Fsp3) is 0.154. The van der Waals surface area contributed by atoms with Crippen molar-refractivity contribution >= 4 is 0 Å². The van der Waals surface area contributed by atoms with Crippen molar-refractivity contribution in [2.45, 2.75) is 13.0 Å². The van der Waals surface area contributed by atoms with E-state index >= 15 is 0 Å². The lowest BCUT2D eigenvalue weighted by Crippen LogP contribution is -2.18. The lowest BCUT2D eigenvalue weighted by molar-refractivity contribution is 0.651. The number of hydrogen-bond donors (Lipinski definition) is 1. The Balaban J connectivity index is 2.06. The average molecular weight is 198 g/mol. The summed E-state index contributed by atoms with van der Waals surface area (Å²) in [7, 11) is 0. The van der Waals surface area contributed by atoms with Gasteiger partial charge < -0.3 is 4.57 Å². The molecule has 1 N–H and O–H groups in total. The minimum Gasteiger partial charge on any atom is -0.333 e. The first-order valence-electron chi connectivity index (χ1n) is 5.10. The van der Waals surface area contributed by atoms with Crippen LogP contribution in [0.25, 0.3) is 0 Å². The molecule has 76 valence electrons. The van der Waals surface area contributed by atoms with Gasteiger partial charge in [0.2, 0.25) is 0 Å². The molecule has 1 heterocycles. The van der Waals surface area contributed by atoms with E-state index in [4.69, 9.17) is 5.41 Å². The summed E-state index contributed by atoms with van der Waals surface area (Å²) >= 11 is 0. The zero-order valence-electron chi connectivity index (χ0n) is 8.56. The zero-order chi connectivity index (χ0) is 10.5. The summed E-state index contributed by atoms with van der Waals surface area (Å²) in [5.74, 6) is 0. The molecule has 0 aliphatic carbocycles. The van der Waals surface area contributed by atoms with Crippen LogP contribution in [0.2, 0.25) is 0 Å².